The van der Waals surface area contributed by atoms with Gasteiger partial charge in [0.1, 0.15) is 5.75 Å². The fraction of sp³-hybridized carbons (Fsp3) is 0.273. The van der Waals surface area contributed by atoms with Crippen LogP contribution in [0.25, 0.3) is 27.7 Å². The molecule has 8 heteroatoms. The first-order valence-corrected chi connectivity index (χ1v) is 9.55. The average molecular weight is 430 g/mol. The molecule has 0 saturated carbocycles. The first kappa shape index (κ1) is 21.7. The number of carboxylic acid groups (broad SMARTS) is 1. The van der Waals surface area contributed by atoms with Gasteiger partial charge in [0.2, 0.25) is 0 Å². The maximum Gasteiger partial charge on any atom is 0.345 e. The number of benzene rings is 1. The molecule has 1 aliphatic rings. The van der Waals surface area contributed by atoms with E-state index in [4.69, 9.17) is 0 Å². The normalized spacial score (nSPS) is 12.6. The maximum atomic E-state index is 12.4. The van der Waals surface area contributed by atoms with E-state index in [0.29, 0.717) is 17.7 Å². The van der Waals surface area contributed by atoms with E-state index >= 15 is 0 Å². The summed E-state index contributed by atoms with van der Waals surface area (Å²) in [6, 6.07) is 6.18. The topological polar surface area (TPSA) is 107 Å². The summed E-state index contributed by atoms with van der Waals surface area (Å²) in [6.07, 6.45) is 2.28. The van der Waals surface area contributed by atoms with Crippen molar-refractivity contribution >= 4 is 34.9 Å². The van der Waals surface area contributed by atoms with Crippen LogP contribution in [0.5, 0.6) is 5.75 Å². The second-order valence-electron chi connectivity index (χ2n) is 7.36. The van der Waals surface area contributed by atoms with E-state index in [1.165, 1.54) is 0 Å². The number of carboxylic acids is 1. The van der Waals surface area contributed by atoms with Crippen LogP contribution in [0.3, 0.4) is 0 Å². The number of aromatic carboxylic acids is 1. The van der Waals surface area contributed by atoms with Gasteiger partial charge in [-0.25, -0.2) is 4.79 Å². The van der Waals surface area contributed by atoms with E-state index in [2.05, 4.69) is 33.9 Å². The van der Waals surface area contributed by atoms with Crippen LogP contribution in [-0.4, -0.2) is 32.3 Å². The molecule has 2 heterocycles. The van der Waals surface area contributed by atoms with E-state index in [0.717, 1.165) is 46.4 Å². The fourth-order valence-electron chi connectivity index (χ4n) is 4.02. The highest BCUT2D eigenvalue weighted by molar-refractivity contribution is 5.96. The van der Waals surface area contributed by atoms with Crippen LogP contribution in [-0.2, 0) is 20.0 Å². The Hall–Kier alpha value is -3.03. The Morgan fingerprint density at radius 3 is 2.67 bits per heavy atom. The summed E-state index contributed by atoms with van der Waals surface area (Å²) >= 11 is 0. The molecule has 0 aliphatic heterocycles. The number of aromatic hydroxyl groups is 1. The van der Waals surface area contributed by atoms with Crippen molar-refractivity contribution in [1.29, 1.82) is 0 Å². The number of pyridine rings is 1. The van der Waals surface area contributed by atoms with Gasteiger partial charge in [0, 0.05) is 41.3 Å². The molecular weight excluding hydrogens is 406 g/mol. The molecule has 0 amide bonds. The summed E-state index contributed by atoms with van der Waals surface area (Å²) < 4.78 is 2.14. The third-order valence-corrected chi connectivity index (χ3v) is 5.65. The summed E-state index contributed by atoms with van der Waals surface area (Å²) in [5.41, 5.74) is 4.41. The predicted octanol–water partition coefficient (Wildman–Crippen LogP) is 3.43. The Balaban J connectivity index is 0.00000256. The third kappa shape index (κ3) is 3.30. The van der Waals surface area contributed by atoms with Gasteiger partial charge in [-0.15, -0.1) is 12.4 Å². The summed E-state index contributed by atoms with van der Waals surface area (Å²) in [6.45, 7) is 5.66. The van der Waals surface area contributed by atoms with Crippen molar-refractivity contribution in [3.63, 3.8) is 0 Å². The molecule has 0 fully saturated rings. The fourth-order valence-corrected chi connectivity index (χ4v) is 4.02. The van der Waals surface area contributed by atoms with Crippen LogP contribution in [0.15, 0.2) is 29.1 Å². The number of aromatic amines is 1. The van der Waals surface area contributed by atoms with Gasteiger partial charge < -0.3 is 25.1 Å². The maximum absolute atomic E-state index is 12.4. The van der Waals surface area contributed by atoms with E-state index in [-0.39, 0.29) is 12.4 Å². The number of nitrogens with one attached hydrogen (secondary N) is 2. The summed E-state index contributed by atoms with van der Waals surface area (Å²) in [5.74, 6) is -1.91. The number of hydrogen-bond donors (Lipinski definition) is 4. The first-order chi connectivity index (χ1) is 13.8. The van der Waals surface area contributed by atoms with Crippen molar-refractivity contribution in [3.8, 4) is 17.0 Å². The Kier molecular flexibility index (Phi) is 5.78. The Bertz CT molecular complexity index is 1250. The molecule has 4 N–H and O–H groups in total. The van der Waals surface area contributed by atoms with Gasteiger partial charge in [0.25, 0.3) is 5.56 Å². The molecule has 1 aromatic carbocycles. The molecule has 1 aliphatic carbocycles. The van der Waals surface area contributed by atoms with Gasteiger partial charge in [-0.05, 0) is 49.2 Å². The molecule has 0 saturated heterocycles. The SMILES string of the molecule is CCNCc1cc2cc3c(cc2n1C)C(C)=CCc1c-3[nH]c(=O)c(C(=O)O)c1O.Cl. The zero-order valence-electron chi connectivity index (χ0n) is 17.0. The number of nitrogens with zero attached hydrogens (tertiary/aromatic N) is 1. The van der Waals surface area contributed by atoms with Crippen molar-refractivity contribution < 1.29 is 15.0 Å². The smallest absolute Gasteiger partial charge is 0.345 e. The van der Waals surface area contributed by atoms with Crippen LogP contribution in [0.1, 0.15) is 41.0 Å². The highest BCUT2D eigenvalue weighted by atomic mass is 35.5. The highest BCUT2D eigenvalue weighted by Gasteiger charge is 2.25. The molecule has 0 unspecified atom stereocenters. The lowest BCUT2D eigenvalue weighted by atomic mass is 9.96. The Morgan fingerprint density at radius 2 is 2.00 bits per heavy atom. The van der Waals surface area contributed by atoms with Crippen LogP contribution < -0.4 is 10.9 Å². The minimum absolute atomic E-state index is 0. The van der Waals surface area contributed by atoms with Crippen LogP contribution in [0.4, 0.5) is 0 Å². The molecule has 3 aromatic rings. The van der Waals surface area contributed by atoms with Gasteiger partial charge >= 0.3 is 5.97 Å². The lowest BCUT2D eigenvalue weighted by Crippen LogP contribution is -2.20. The van der Waals surface area contributed by atoms with Gasteiger partial charge in [-0.1, -0.05) is 13.0 Å². The van der Waals surface area contributed by atoms with Crippen LogP contribution in [0.2, 0.25) is 0 Å². The quantitative estimate of drug-likeness (QED) is 0.508. The van der Waals surface area contributed by atoms with Crippen molar-refractivity contribution in [2.24, 2.45) is 7.05 Å². The van der Waals surface area contributed by atoms with E-state index in [1.54, 1.807) is 0 Å². The number of hydrogen-bond acceptors (Lipinski definition) is 4. The molecule has 0 radical (unpaired) electrons. The molecule has 30 heavy (non-hydrogen) atoms. The third-order valence-electron chi connectivity index (χ3n) is 5.65. The molecule has 2 aromatic heterocycles. The number of H-pyrrole nitrogens is 1. The molecular formula is C22H24ClN3O4. The van der Waals surface area contributed by atoms with Gasteiger partial charge in [0.05, 0.1) is 5.69 Å². The molecule has 4 rings (SSSR count). The van der Waals surface area contributed by atoms with Crippen molar-refractivity contribution in [1.82, 2.24) is 14.9 Å². The number of halogens is 1. The summed E-state index contributed by atoms with van der Waals surface area (Å²) in [7, 11) is 2.03. The first-order valence-electron chi connectivity index (χ1n) is 9.55. The van der Waals surface area contributed by atoms with Crippen LogP contribution in [0, 0.1) is 0 Å². The number of allylic oxidation sites excluding steroid dienone is 2. The van der Waals surface area contributed by atoms with Gasteiger partial charge in [-0.3, -0.25) is 4.79 Å². The standard InChI is InChI=1S/C22H23N3O4.ClH/c1-4-23-10-13-7-12-8-16-15(9-17(12)25(13)3)11(2)5-6-14-19(16)24-21(27)18(20(14)26)22(28)29;/h5,7-9,23H,4,6,10H2,1-3H3,(H,28,29)(H2,24,26,27);1H. The largest absolute Gasteiger partial charge is 0.506 e. The monoisotopic (exact) mass is 429 g/mol. The average Bonchev–Trinajstić information content (AvgIpc) is 2.91. The van der Waals surface area contributed by atoms with E-state index in [1.807, 2.05) is 26.1 Å². The molecule has 0 atom stereocenters. The lowest BCUT2D eigenvalue weighted by molar-refractivity contribution is 0.0691. The molecule has 7 nitrogen and oxygen atoms in total. The highest BCUT2D eigenvalue weighted by Crippen LogP contribution is 2.40. The second-order valence-corrected chi connectivity index (χ2v) is 7.36. The van der Waals surface area contributed by atoms with Crippen molar-refractivity contribution in [2.75, 3.05) is 6.54 Å². The number of aryl methyl sites for hydroxylation is 1. The molecule has 158 valence electrons. The van der Waals surface area contributed by atoms with E-state index in [9.17, 15) is 19.8 Å². The zero-order chi connectivity index (χ0) is 20.9. The van der Waals surface area contributed by atoms with E-state index < -0.39 is 22.8 Å². The second kappa shape index (κ2) is 8.01. The Morgan fingerprint density at radius 1 is 1.27 bits per heavy atom. The minimum Gasteiger partial charge on any atom is -0.506 e. The number of rotatable bonds is 4. The molecule has 0 bridgehead atoms. The summed E-state index contributed by atoms with van der Waals surface area (Å²) in [4.78, 5) is 26.5. The van der Waals surface area contributed by atoms with Crippen molar-refractivity contribution in [2.45, 2.75) is 26.8 Å². The van der Waals surface area contributed by atoms with Gasteiger partial charge in [-0.2, -0.15) is 0 Å². The Labute approximate surface area is 179 Å². The number of aromatic nitrogens is 2. The lowest BCUT2D eigenvalue weighted by Gasteiger charge is -2.14. The van der Waals surface area contributed by atoms with Gasteiger partial charge in [0.15, 0.2) is 5.56 Å². The predicted molar refractivity (Wildman–Crippen MR) is 120 cm³/mol. The zero-order valence-corrected chi connectivity index (χ0v) is 17.8. The number of carbonyl (C=O) groups is 1. The molecule has 0 spiro atoms. The number of fused-ring (bicyclic) bond motifs is 4. The van der Waals surface area contributed by atoms with Crippen molar-refractivity contribution in [3.05, 3.63) is 57.0 Å². The van der Waals surface area contributed by atoms with Crippen LogP contribution >= 0.6 is 12.4 Å². The summed E-state index contributed by atoms with van der Waals surface area (Å²) in [5, 5.41) is 24.2. The minimum atomic E-state index is -1.44.